The minimum absolute atomic E-state index is 0.159. The summed E-state index contributed by atoms with van der Waals surface area (Å²) in [6.45, 7) is 8.25. The number of rotatable bonds is 5. The third-order valence-corrected chi connectivity index (χ3v) is 4.45. The second kappa shape index (κ2) is 7.17. The Kier molecular flexibility index (Phi) is 5.46. The van der Waals surface area contributed by atoms with E-state index in [0.717, 1.165) is 19.5 Å². The first-order chi connectivity index (χ1) is 10.8. The third kappa shape index (κ3) is 4.13. The van der Waals surface area contributed by atoms with E-state index in [9.17, 15) is 19.8 Å². The number of likely N-dealkylation sites (tertiary alicyclic amines) is 1. The van der Waals surface area contributed by atoms with Crippen LogP contribution < -0.4 is 5.43 Å². The molecule has 0 spiro atoms. The molecule has 2 atom stereocenters. The van der Waals surface area contributed by atoms with Crippen LogP contribution in [0.3, 0.4) is 0 Å². The van der Waals surface area contributed by atoms with E-state index in [4.69, 9.17) is 0 Å². The van der Waals surface area contributed by atoms with E-state index >= 15 is 0 Å². The molecule has 0 aromatic carbocycles. The summed E-state index contributed by atoms with van der Waals surface area (Å²) in [5.41, 5.74) is 0.178. The van der Waals surface area contributed by atoms with Crippen molar-refractivity contribution >= 4 is 5.97 Å². The summed E-state index contributed by atoms with van der Waals surface area (Å²) >= 11 is 0. The van der Waals surface area contributed by atoms with Gasteiger partial charge in [0.05, 0.1) is 6.20 Å². The molecule has 2 heterocycles. The van der Waals surface area contributed by atoms with Crippen molar-refractivity contribution in [1.29, 1.82) is 0 Å². The van der Waals surface area contributed by atoms with E-state index in [1.54, 1.807) is 4.57 Å². The van der Waals surface area contributed by atoms with Crippen molar-refractivity contribution in [2.45, 2.75) is 46.2 Å². The van der Waals surface area contributed by atoms with Crippen molar-refractivity contribution in [1.82, 2.24) is 9.47 Å². The molecule has 23 heavy (non-hydrogen) atoms. The number of piperidine rings is 1. The van der Waals surface area contributed by atoms with Gasteiger partial charge in [0, 0.05) is 24.8 Å². The van der Waals surface area contributed by atoms with Gasteiger partial charge in [-0.15, -0.1) is 0 Å². The van der Waals surface area contributed by atoms with Gasteiger partial charge >= 0.3 is 5.97 Å². The molecular weight excluding hydrogens is 296 g/mol. The van der Waals surface area contributed by atoms with Crippen LogP contribution in [0, 0.1) is 11.8 Å². The molecule has 2 rings (SSSR count). The Morgan fingerprint density at radius 2 is 2.13 bits per heavy atom. The number of nitrogens with zero attached hydrogens (tertiary/aromatic N) is 2. The first kappa shape index (κ1) is 17.5. The van der Waals surface area contributed by atoms with E-state index in [-0.39, 0.29) is 5.92 Å². The topological polar surface area (TPSA) is 82.8 Å². The molecule has 0 bridgehead atoms. The highest BCUT2D eigenvalue weighted by Crippen LogP contribution is 2.24. The molecule has 2 N–H and O–H groups in total. The Balaban J connectivity index is 2.38. The maximum atomic E-state index is 11.8. The lowest BCUT2D eigenvalue weighted by atomic mass is 10.00. The molecule has 0 aliphatic carbocycles. The molecule has 1 aromatic heterocycles. The van der Waals surface area contributed by atoms with Crippen molar-refractivity contribution in [3.8, 4) is 5.75 Å². The van der Waals surface area contributed by atoms with Crippen LogP contribution in [0.4, 0.5) is 0 Å². The van der Waals surface area contributed by atoms with E-state index in [1.807, 2.05) is 13.8 Å². The quantitative estimate of drug-likeness (QED) is 0.867. The monoisotopic (exact) mass is 322 g/mol. The van der Waals surface area contributed by atoms with Crippen LogP contribution in [0.2, 0.25) is 0 Å². The number of pyridine rings is 1. The summed E-state index contributed by atoms with van der Waals surface area (Å²) in [6, 6.07) is 0.561. The van der Waals surface area contributed by atoms with Gasteiger partial charge in [-0.2, -0.15) is 0 Å². The van der Waals surface area contributed by atoms with Crippen molar-refractivity contribution in [3.63, 3.8) is 0 Å². The largest absolute Gasteiger partial charge is 0.503 e. The second-order valence-electron chi connectivity index (χ2n) is 6.93. The minimum Gasteiger partial charge on any atom is -0.503 e. The van der Waals surface area contributed by atoms with Crippen LogP contribution in [0.5, 0.6) is 5.75 Å². The molecule has 128 valence electrons. The van der Waals surface area contributed by atoms with Crippen molar-refractivity contribution in [3.05, 3.63) is 28.2 Å². The van der Waals surface area contributed by atoms with E-state index < -0.39 is 23.2 Å². The first-order valence-corrected chi connectivity index (χ1v) is 8.18. The average molecular weight is 322 g/mol. The summed E-state index contributed by atoms with van der Waals surface area (Å²) in [4.78, 5) is 25.7. The third-order valence-electron chi connectivity index (χ3n) is 4.45. The lowest BCUT2D eigenvalue weighted by Crippen LogP contribution is -2.36. The van der Waals surface area contributed by atoms with Crippen LogP contribution in [0.25, 0.3) is 0 Å². The molecule has 1 aliphatic rings. The van der Waals surface area contributed by atoms with Crippen LogP contribution >= 0.6 is 0 Å². The van der Waals surface area contributed by atoms with Crippen LogP contribution in [-0.4, -0.2) is 38.7 Å². The summed E-state index contributed by atoms with van der Waals surface area (Å²) in [5.74, 6) is -0.932. The molecule has 1 aromatic rings. The van der Waals surface area contributed by atoms with Crippen LogP contribution in [0.1, 0.15) is 45.3 Å². The second-order valence-corrected chi connectivity index (χ2v) is 6.93. The number of aromatic hydroxyl groups is 1. The predicted molar refractivity (Wildman–Crippen MR) is 87.6 cm³/mol. The number of hydrogen-bond donors (Lipinski definition) is 2. The Morgan fingerprint density at radius 3 is 2.70 bits per heavy atom. The molecule has 6 heteroatoms. The van der Waals surface area contributed by atoms with Crippen LogP contribution in [-0.2, 0) is 11.3 Å². The van der Waals surface area contributed by atoms with Crippen LogP contribution in [0.15, 0.2) is 17.1 Å². The summed E-state index contributed by atoms with van der Waals surface area (Å²) < 4.78 is 1.54. The first-order valence-electron chi connectivity index (χ1n) is 8.18. The van der Waals surface area contributed by atoms with Gasteiger partial charge < -0.3 is 14.8 Å². The number of carboxylic acids is 1. The normalized spacial score (nSPS) is 20.6. The predicted octanol–water partition coefficient (Wildman–Crippen LogP) is 2.07. The van der Waals surface area contributed by atoms with E-state index in [2.05, 4.69) is 11.8 Å². The Hall–Kier alpha value is -1.82. The van der Waals surface area contributed by atoms with Crippen molar-refractivity contribution < 1.29 is 15.0 Å². The maximum Gasteiger partial charge on any atom is 0.326 e. The van der Waals surface area contributed by atoms with Crippen molar-refractivity contribution in [2.24, 2.45) is 11.8 Å². The standard InChI is InChI=1S/C17H26N2O4/c1-11(2)16(17(22)23)19-10-15(21)14(20)7-13(19)9-18-6-4-5-12(3)8-18/h7,10-12,16,21H,4-6,8-9H2,1-3H3,(H,22,23). The number of carbonyl (C=O) groups is 1. The summed E-state index contributed by atoms with van der Waals surface area (Å²) in [6.07, 6.45) is 3.57. The molecular formula is C17H26N2O4. The van der Waals surface area contributed by atoms with Gasteiger partial charge in [0.15, 0.2) is 5.75 Å². The van der Waals surface area contributed by atoms with Gasteiger partial charge in [0.25, 0.3) is 0 Å². The highest BCUT2D eigenvalue weighted by molar-refractivity contribution is 5.72. The number of aliphatic carboxylic acids is 1. The average Bonchev–Trinajstić information content (AvgIpc) is 2.43. The number of aromatic nitrogens is 1. The lowest BCUT2D eigenvalue weighted by molar-refractivity contribution is -0.142. The van der Waals surface area contributed by atoms with Crippen molar-refractivity contribution in [2.75, 3.05) is 13.1 Å². The maximum absolute atomic E-state index is 11.8. The molecule has 0 saturated carbocycles. The molecule has 1 aliphatic heterocycles. The highest BCUT2D eigenvalue weighted by Gasteiger charge is 2.27. The minimum atomic E-state index is -0.962. The van der Waals surface area contributed by atoms with Gasteiger partial charge in [-0.3, -0.25) is 9.69 Å². The number of carboxylic acid groups (broad SMARTS) is 1. The molecule has 0 amide bonds. The number of hydrogen-bond acceptors (Lipinski definition) is 4. The highest BCUT2D eigenvalue weighted by atomic mass is 16.4. The van der Waals surface area contributed by atoms with Gasteiger partial charge in [-0.1, -0.05) is 20.8 Å². The summed E-state index contributed by atoms with van der Waals surface area (Å²) in [5, 5.41) is 19.3. The Bertz CT molecular complexity index is 624. The lowest BCUT2D eigenvalue weighted by Gasteiger charge is -2.32. The van der Waals surface area contributed by atoms with E-state index in [0.29, 0.717) is 18.2 Å². The fourth-order valence-electron chi connectivity index (χ4n) is 3.35. The zero-order valence-corrected chi connectivity index (χ0v) is 14.0. The molecule has 6 nitrogen and oxygen atoms in total. The molecule has 1 fully saturated rings. The molecule has 1 saturated heterocycles. The Morgan fingerprint density at radius 1 is 1.43 bits per heavy atom. The van der Waals surface area contributed by atoms with E-state index in [1.165, 1.54) is 18.7 Å². The summed E-state index contributed by atoms with van der Waals surface area (Å²) in [7, 11) is 0. The molecule has 0 radical (unpaired) electrons. The smallest absolute Gasteiger partial charge is 0.326 e. The molecule has 2 unspecified atom stereocenters. The zero-order chi connectivity index (χ0) is 17.1. The fourth-order valence-corrected chi connectivity index (χ4v) is 3.35. The van der Waals surface area contributed by atoms with Gasteiger partial charge in [0.1, 0.15) is 6.04 Å². The van der Waals surface area contributed by atoms with Gasteiger partial charge in [0.2, 0.25) is 5.43 Å². The SMILES string of the molecule is CC1CCCN(Cc2cc(=O)c(O)cn2C(C(=O)O)C(C)C)C1. The van der Waals surface area contributed by atoms with Gasteiger partial charge in [-0.25, -0.2) is 4.79 Å². The zero-order valence-electron chi connectivity index (χ0n) is 14.0. The Labute approximate surface area is 136 Å². The fraction of sp³-hybridized carbons (Fsp3) is 0.647. The van der Waals surface area contributed by atoms with Gasteiger partial charge in [-0.05, 0) is 31.2 Å².